The number of carbonyl (C=O) groups is 1. The molecular weight excluding hydrogens is 290 g/mol. The molecule has 2 unspecified atom stereocenters. The predicted molar refractivity (Wildman–Crippen MR) is 83.1 cm³/mol. The molecule has 0 saturated carbocycles. The van der Waals surface area contributed by atoms with Crippen molar-refractivity contribution in [2.75, 3.05) is 27.3 Å². The summed E-state index contributed by atoms with van der Waals surface area (Å²) in [7, 11) is 3.15. The third-order valence-electron chi connectivity index (χ3n) is 3.89. The molecule has 0 bridgehead atoms. The van der Waals surface area contributed by atoms with E-state index in [2.05, 4.69) is 6.92 Å². The Labute approximate surface area is 131 Å². The standard InChI is InChI=1S/C16H22ClNO3/c1-11-5-4-8-18(10-11)16(19)15(17)12-6-7-13(20-2)14(9-12)21-3/h6-7,9,11,15H,4-5,8,10H2,1-3H3. The van der Waals surface area contributed by atoms with Crippen molar-refractivity contribution in [3.8, 4) is 11.5 Å². The number of alkyl halides is 1. The van der Waals surface area contributed by atoms with E-state index in [0.29, 0.717) is 17.4 Å². The Hall–Kier alpha value is -1.42. The van der Waals surface area contributed by atoms with Gasteiger partial charge in [0.15, 0.2) is 11.5 Å². The highest BCUT2D eigenvalue weighted by molar-refractivity contribution is 6.30. The molecule has 116 valence electrons. The summed E-state index contributed by atoms with van der Waals surface area (Å²) >= 11 is 6.37. The summed E-state index contributed by atoms with van der Waals surface area (Å²) in [5.41, 5.74) is 0.734. The summed E-state index contributed by atoms with van der Waals surface area (Å²) in [6.07, 6.45) is 2.22. The summed E-state index contributed by atoms with van der Waals surface area (Å²) in [5, 5.41) is -0.685. The molecule has 2 rings (SSSR count). The Kier molecular flexibility index (Phi) is 5.34. The van der Waals surface area contributed by atoms with Crippen LogP contribution in [-0.4, -0.2) is 38.1 Å². The highest BCUT2D eigenvalue weighted by Crippen LogP contribution is 2.33. The van der Waals surface area contributed by atoms with Crippen molar-refractivity contribution in [2.45, 2.75) is 25.1 Å². The van der Waals surface area contributed by atoms with Crippen LogP contribution in [0.2, 0.25) is 0 Å². The molecule has 1 amide bonds. The number of benzene rings is 1. The molecule has 5 heteroatoms. The SMILES string of the molecule is COc1ccc(C(Cl)C(=O)N2CCCC(C)C2)cc1OC. The van der Waals surface area contributed by atoms with Crippen LogP contribution in [0.5, 0.6) is 11.5 Å². The van der Waals surface area contributed by atoms with E-state index in [1.807, 2.05) is 11.0 Å². The van der Waals surface area contributed by atoms with E-state index >= 15 is 0 Å². The molecule has 1 fully saturated rings. The molecule has 1 aromatic rings. The van der Waals surface area contributed by atoms with Crippen LogP contribution in [0.3, 0.4) is 0 Å². The molecule has 1 aliphatic heterocycles. The number of ether oxygens (including phenoxy) is 2. The van der Waals surface area contributed by atoms with Crippen LogP contribution in [-0.2, 0) is 4.79 Å². The van der Waals surface area contributed by atoms with E-state index < -0.39 is 5.38 Å². The number of hydrogen-bond donors (Lipinski definition) is 0. The van der Waals surface area contributed by atoms with Gasteiger partial charge in [-0.15, -0.1) is 11.6 Å². The molecule has 1 aromatic carbocycles. The topological polar surface area (TPSA) is 38.8 Å². The minimum absolute atomic E-state index is 0.0320. The maximum absolute atomic E-state index is 12.5. The number of halogens is 1. The highest BCUT2D eigenvalue weighted by atomic mass is 35.5. The van der Waals surface area contributed by atoms with Crippen molar-refractivity contribution in [2.24, 2.45) is 5.92 Å². The molecule has 0 radical (unpaired) electrons. The van der Waals surface area contributed by atoms with Crippen LogP contribution in [0.15, 0.2) is 18.2 Å². The lowest BCUT2D eigenvalue weighted by Gasteiger charge is -2.32. The first-order valence-electron chi connectivity index (χ1n) is 7.21. The molecule has 21 heavy (non-hydrogen) atoms. The smallest absolute Gasteiger partial charge is 0.245 e. The maximum atomic E-state index is 12.5. The second kappa shape index (κ2) is 7.03. The first kappa shape index (κ1) is 16.0. The minimum Gasteiger partial charge on any atom is -0.493 e. The van der Waals surface area contributed by atoms with E-state index in [1.165, 1.54) is 6.42 Å². The third-order valence-corrected chi connectivity index (χ3v) is 4.32. The van der Waals surface area contributed by atoms with Crippen molar-refractivity contribution in [1.29, 1.82) is 0 Å². The van der Waals surface area contributed by atoms with E-state index in [4.69, 9.17) is 21.1 Å². The monoisotopic (exact) mass is 311 g/mol. The van der Waals surface area contributed by atoms with Gasteiger partial charge in [-0.05, 0) is 36.5 Å². The maximum Gasteiger partial charge on any atom is 0.245 e. The van der Waals surface area contributed by atoms with Crippen molar-refractivity contribution in [3.05, 3.63) is 23.8 Å². The molecule has 0 N–H and O–H groups in total. The Morgan fingerprint density at radius 3 is 2.67 bits per heavy atom. The summed E-state index contributed by atoms with van der Waals surface area (Å²) in [5.74, 6) is 1.72. The van der Waals surface area contributed by atoms with E-state index in [-0.39, 0.29) is 5.91 Å². The summed E-state index contributed by atoms with van der Waals surface area (Å²) in [6, 6.07) is 5.35. The lowest BCUT2D eigenvalue weighted by molar-refractivity contribution is -0.132. The zero-order valence-corrected chi connectivity index (χ0v) is 13.5. The highest BCUT2D eigenvalue weighted by Gasteiger charge is 2.27. The average molecular weight is 312 g/mol. The largest absolute Gasteiger partial charge is 0.493 e. The van der Waals surface area contributed by atoms with Crippen LogP contribution >= 0.6 is 11.6 Å². The van der Waals surface area contributed by atoms with Crippen LogP contribution < -0.4 is 9.47 Å². The predicted octanol–water partition coefficient (Wildman–Crippen LogP) is 3.24. The average Bonchev–Trinajstić information content (AvgIpc) is 2.52. The summed E-state index contributed by atoms with van der Waals surface area (Å²) in [4.78, 5) is 14.4. The van der Waals surface area contributed by atoms with Gasteiger partial charge in [0.25, 0.3) is 0 Å². The van der Waals surface area contributed by atoms with Crippen molar-refractivity contribution >= 4 is 17.5 Å². The Balaban J connectivity index is 2.15. The van der Waals surface area contributed by atoms with Gasteiger partial charge in [-0.2, -0.15) is 0 Å². The zero-order chi connectivity index (χ0) is 15.4. The molecular formula is C16H22ClNO3. The van der Waals surface area contributed by atoms with Crippen molar-refractivity contribution < 1.29 is 14.3 Å². The van der Waals surface area contributed by atoms with Gasteiger partial charge in [0.2, 0.25) is 5.91 Å². The number of likely N-dealkylation sites (tertiary alicyclic amines) is 1. The van der Waals surface area contributed by atoms with Gasteiger partial charge in [0.05, 0.1) is 14.2 Å². The summed E-state index contributed by atoms with van der Waals surface area (Å²) < 4.78 is 10.5. The summed E-state index contributed by atoms with van der Waals surface area (Å²) in [6.45, 7) is 3.74. The molecule has 1 aliphatic rings. The first-order chi connectivity index (χ1) is 10.1. The van der Waals surface area contributed by atoms with Gasteiger partial charge < -0.3 is 14.4 Å². The number of piperidine rings is 1. The van der Waals surface area contributed by atoms with Crippen LogP contribution in [0.4, 0.5) is 0 Å². The Morgan fingerprint density at radius 2 is 2.05 bits per heavy atom. The molecule has 0 aliphatic carbocycles. The van der Waals surface area contributed by atoms with E-state index in [1.54, 1.807) is 26.4 Å². The number of amides is 1. The number of hydrogen-bond acceptors (Lipinski definition) is 3. The Bertz CT molecular complexity index is 506. The second-order valence-electron chi connectivity index (χ2n) is 5.51. The number of methoxy groups -OCH3 is 2. The lowest BCUT2D eigenvalue weighted by atomic mass is 9.99. The fourth-order valence-electron chi connectivity index (χ4n) is 2.70. The number of nitrogens with zero attached hydrogens (tertiary/aromatic N) is 1. The third kappa shape index (κ3) is 3.62. The molecule has 0 aromatic heterocycles. The van der Waals surface area contributed by atoms with Gasteiger partial charge in [-0.3, -0.25) is 4.79 Å². The van der Waals surface area contributed by atoms with Gasteiger partial charge in [-0.25, -0.2) is 0 Å². The molecule has 4 nitrogen and oxygen atoms in total. The van der Waals surface area contributed by atoms with E-state index in [0.717, 1.165) is 25.1 Å². The van der Waals surface area contributed by atoms with Gasteiger partial charge in [0.1, 0.15) is 5.38 Å². The van der Waals surface area contributed by atoms with E-state index in [9.17, 15) is 4.79 Å². The normalized spacial score (nSPS) is 20.0. The number of carbonyl (C=O) groups excluding carboxylic acids is 1. The fourth-order valence-corrected chi connectivity index (χ4v) is 2.98. The molecule has 1 saturated heterocycles. The Morgan fingerprint density at radius 1 is 1.33 bits per heavy atom. The zero-order valence-electron chi connectivity index (χ0n) is 12.8. The van der Waals surface area contributed by atoms with Crippen LogP contribution in [0, 0.1) is 5.92 Å². The number of rotatable bonds is 4. The lowest BCUT2D eigenvalue weighted by Crippen LogP contribution is -2.40. The van der Waals surface area contributed by atoms with Gasteiger partial charge in [-0.1, -0.05) is 13.0 Å². The van der Waals surface area contributed by atoms with Crippen molar-refractivity contribution in [1.82, 2.24) is 4.90 Å². The van der Waals surface area contributed by atoms with Crippen molar-refractivity contribution in [3.63, 3.8) is 0 Å². The molecule has 2 atom stereocenters. The minimum atomic E-state index is -0.685. The fraction of sp³-hybridized carbons (Fsp3) is 0.562. The molecule has 1 heterocycles. The second-order valence-corrected chi connectivity index (χ2v) is 5.95. The van der Waals surface area contributed by atoms with Gasteiger partial charge >= 0.3 is 0 Å². The quantitative estimate of drug-likeness (QED) is 0.801. The molecule has 0 spiro atoms. The van der Waals surface area contributed by atoms with Crippen LogP contribution in [0.1, 0.15) is 30.7 Å². The van der Waals surface area contributed by atoms with Crippen LogP contribution in [0.25, 0.3) is 0 Å². The van der Waals surface area contributed by atoms with Gasteiger partial charge in [0, 0.05) is 13.1 Å². The first-order valence-corrected chi connectivity index (χ1v) is 7.65.